The molecule has 0 heterocycles. The van der Waals surface area contributed by atoms with Gasteiger partial charge in [0.05, 0.1) is 24.9 Å². The first kappa shape index (κ1) is 27.4. The number of halogens is 2. The summed E-state index contributed by atoms with van der Waals surface area (Å²) in [4.78, 5) is 27.3. The van der Waals surface area contributed by atoms with Crippen LogP contribution in [-0.2, 0) is 4.79 Å². The van der Waals surface area contributed by atoms with E-state index in [1.54, 1.807) is 42.5 Å². The Bertz CT molecular complexity index is 1430. The zero-order valence-corrected chi connectivity index (χ0v) is 22.9. The van der Waals surface area contributed by atoms with Gasteiger partial charge in [-0.3, -0.25) is 9.59 Å². The summed E-state index contributed by atoms with van der Waals surface area (Å²) >= 11 is 13.6. The van der Waals surface area contributed by atoms with Crippen molar-refractivity contribution in [1.29, 1.82) is 0 Å². The van der Waals surface area contributed by atoms with Gasteiger partial charge < -0.3 is 20.1 Å². The van der Waals surface area contributed by atoms with Crippen LogP contribution in [0, 0.1) is 0 Å². The molecule has 194 valence electrons. The SMILES string of the molecule is COc1cccc(OC)c1C(=O)Nc1cccc(SC(C(=O)Nc2ccc(Cl)cc2Cl)c2ccccc2)c1. The lowest BCUT2D eigenvalue weighted by molar-refractivity contribution is -0.115. The third-order valence-corrected chi connectivity index (χ3v) is 7.33. The normalized spacial score (nSPS) is 11.4. The highest BCUT2D eigenvalue weighted by Crippen LogP contribution is 2.38. The minimum Gasteiger partial charge on any atom is -0.496 e. The summed E-state index contributed by atoms with van der Waals surface area (Å²) in [5.41, 5.74) is 2.13. The van der Waals surface area contributed by atoms with Crippen LogP contribution in [0.4, 0.5) is 11.4 Å². The molecule has 4 rings (SSSR count). The standard InChI is InChI=1S/C29H24Cl2N2O4S/c1-36-24-12-7-13-25(37-2)26(24)28(34)32-20-10-6-11-21(17-20)38-27(18-8-4-3-5-9-18)29(35)33-23-15-14-19(30)16-22(23)31/h3-17,27H,1-2H3,(H,32,34)(H,33,35). The summed E-state index contributed by atoms with van der Waals surface area (Å²) < 4.78 is 10.7. The van der Waals surface area contributed by atoms with E-state index in [9.17, 15) is 9.59 Å². The number of hydrogen-bond donors (Lipinski definition) is 2. The van der Waals surface area contributed by atoms with E-state index in [4.69, 9.17) is 32.7 Å². The molecule has 0 aliphatic heterocycles. The lowest BCUT2D eigenvalue weighted by Crippen LogP contribution is -2.19. The zero-order valence-electron chi connectivity index (χ0n) is 20.5. The van der Waals surface area contributed by atoms with Gasteiger partial charge in [0.2, 0.25) is 5.91 Å². The summed E-state index contributed by atoms with van der Waals surface area (Å²) in [6.45, 7) is 0. The van der Waals surface area contributed by atoms with Gasteiger partial charge in [-0.15, -0.1) is 11.8 Å². The summed E-state index contributed by atoms with van der Waals surface area (Å²) in [6, 6.07) is 26.7. The predicted octanol–water partition coefficient (Wildman–Crippen LogP) is 7.74. The minimum atomic E-state index is -0.594. The monoisotopic (exact) mass is 566 g/mol. The maximum absolute atomic E-state index is 13.4. The van der Waals surface area contributed by atoms with Gasteiger partial charge in [-0.05, 0) is 54.1 Å². The molecule has 6 nitrogen and oxygen atoms in total. The molecule has 9 heteroatoms. The summed E-state index contributed by atoms with van der Waals surface area (Å²) in [7, 11) is 2.99. The Morgan fingerprint density at radius 1 is 0.789 bits per heavy atom. The van der Waals surface area contributed by atoms with Crippen LogP contribution in [0.2, 0.25) is 10.0 Å². The number of nitrogens with one attached hydrogen (secondary N) is 2. The van der Waals surface area contributed by atoms with Crippen LogP contribution in [-0.4, -0.2) is 26.0 Å². The van der Waals surface area contributed by atoms with E-state index < -0.39 is 5.25 Å². The lowest BCUT2D eigenvalue weighted by Gasteiger charge is -2.18. The number of methoxy groups -OCH3 is 2. The Balaban J connectivity index is 1.58. The van der Waals surface area contributed by atoms with Crippen molar-refractivity contribution in [1.82, 2.24) is 0 Å². The predicted molar refractivity (Wildman–Crippen MR) is 154 cm³/mol. The average Bonchev–Trinajstić information content (AvgIpc) is 2.93. The maximum Gasteiger partial charge on any atom is 0.263 e. The van der Waals surface area contributed by atoms with E-state index in [0.29, 0.717) is 32.9 Å². The van der Waals surface area contributed by atoms with Crippen LogP contribution in [0.3, 0.4) is 0 Å². The van der Waals surface area contributed by atoms with E-state index >= 15 is 0 Å². The van der Waals surface area contributed by atoms with E-state index in [1.165, 1.54) is 26.0 Å². The van der Waals surface area contributed by atoms with Gasteiger partial charge in [0.25, 0.3) is 5.91 Å². The second kappa shape index (κ2) is 12.7. The second-order valence-corrected chi connectivity index (χ2v) is 10.1. The van der Waals surface area contributed by atoms with Crippen LogP contribution in [0.5, 0.6) is 11.5 Å². The Labute approximate surface area is 235 Å². The molecule has 0 spiro atoms. The van der Waals surface area contributed by atoms with Gasteiger partial charge in [-0.25, -0.2) is 0 Å². The Hall–Kier alpha value is -3.65. The molecule has 4 aromatic rings. The molecule has 0 radical (unpaired) electrons. The number of ether oxygens (including phenoxy) is 2. The highest BCUT2D eigenvalue weighted by molar-refractivity contribution is 8.00. The topological polar surface area (TPSA) is 76.7 Å². The molecule has 0 saturated heterocycles. The molecular formula is C29H24Cl2N2O4S. The van der Waals surface area contributed by atoms with Crippen molar-refractivity contribution in [3.8, 4) is 11.5 Å². The molecule has 0 aromatic heterocycles. The first-order chi connectivity index (χ1) is 18.4. The van der Waals surface area contributed by atoms with E-state index in [-0.39, 0.29) is 17.4 Å². The number of hydrogen-bond acceptors (Lipinski definition) is 5. The molecule has 2 N–H and O–H groups in total. The van der Waals surface area contributed by atoms with Crippen molar-refractivity contribution in [2.75, 3.05) is 24.9 Å². The first-order valence-corrected chi connectivity index (χ1v) is 13.1. The summed E-state index contributed by atoms with van der Waals surface area (Å²) in [5.74, 6) is 0.165. The van der Waals surface area contributed by atoms with Gasteiger partial charge in [0.1, 0.15) is 22.3 Å². The fourth-order valence-corrected chi connectivity index (χ4v) is 5.28. The van der Waals surface area contributed by atoms with Crippen LogP contribution < -0.4 is 20.1 Å². The minimum absolute atomic E-state index is 0.251. The van der Waals surface area contributed by atoms with Crippen LogP contribution in [0.25, 0.3) is 0 Å². The van der Waals surface area contributed by atoms with E-state index in [1.807, 2.05) is 48.5 Å². The highest BCUT2D eigenvalue weighted by atomic mass is 35.5. The number of thioether (sulfide) groups is 1. The molecule has 0 fully saturated rings. The van der Waals surface area contributed by atoms with Gasteiger partial charge in [-0.2, -0.15) is 0 Å². The van der Waals surface area contributed by atoms with Crippen molar-refractivity contribution < 1.29 is 19.1 Å². The Kier molecular flexibility index (Phi) is 9.18. The van der Waals surface area contributed by atoms with Gasteiger partial charge in [0, 0.05) is 15.6 Å². The van der Waals surface area contributed by atoms with Crippen molar-refractivity contribution in [3.05, 3.63) is 112 Å². The molecule has 4 aromatic carbocycles. The average molecular weight is 567 g/mol. The molecular weight excluding hydrogens is 543 g/mol. The third kappa shape index (κ3) is 6.61. The van der Waals surface area contributed by atoms with Crippen LogP contribution in [0.1, 0.15) is 21.2 Å². The Morgan fingerprint density at radius 2 is 1.47 bits per heavy atom. The smallest absolute Gasteiger partial charge is 0.263 e. The lowest BCUT2D eigenvalue weighted by atomic mass is 10.1. The zero-order chi connectivity index (χ0) is 27.1. The highest BCUT2D eigenvalue weighted by Gasteiger charge is 2.24. The number of anilines is 2. The fourth-order valence-electron chi connectivity index (χ4n) is 3.74. The first-order valence-electron chi connectivity index (χ1n) is 11.5. The number of benzene rings is 4. The molecule has 0 saturated carbocycles. The molecule has 38 heavy (non-hydrogen) atoms. The van der Waals surface area contributed by atoms with E-state index in [2.05, 4.69) is 10.6 Å². The van der Waals surface area contributed by atoms with Crippen molar-refractivity contribution in [3.63, 3.8) is 0 Å². The summed E-state index contributed by atoms with van der Waals surface area (Å²) in [6.07, 6.45) is 0. The van der Waals surface area contributed by atoms with Crippen molar-refractivity contribution >= 4 is 58.2 Å². The quantitative estimate of drug-likeness (QED) is 0.203. The van der Waals surface area contributed by atoms with Gasteiger partial charge in [-0.1, -0.05) is 65.7 Å². The third-order valence-electron chi connectivity index (χ3n) is 5.53. The molecule has 0 aliphatic rings. The number of rotatable bonds is 9. The number of carbonyl (C=O) groups is 2. The Morgan fingerprint density at radius 3 is 2.13 bits per heavy atom. The van der Waals surface area contributed by atoms with Crippen molar-refractivity contribution in [2.24, 2.45) is 0 Å². The van der Waals surface area contributed by atoms with Crippen molar-refractivity contribution in [2.45, 2.75) is 10.1 Å². The molecule has 1 unspecified atom stereocenters. The molecule has 0 bridgehead atoms. The van der Waals surface area contributed by atoms with Crippen LogP contribution >= 0.6 is 35.0 Å². The second-order valence-electron chi connectivity index (χ2n) is 8.04. The van der Waals surface area contributed by atoms with Gasteiger partial charge >= 0.3 is 0 Å². The fraction of sp³-hybridized carbons (Fsp3) is 0.103. The molecule has 2 amide bonds. The van der Waals surface area contributed by atoms with E-state index in [0.717, 1.165) is 10.5 Å². The summed E-state index contributed by atoms with van der Waals surface area (Å²) in [5, 5.41) is 6.03. The molecule has 1 atom stereocenters. The number of amides is 2. The van der Waals surface area contributed by atoms with Crippen LogP contribution in [0.15, 0.2) is 95.9 Å². The largest absolute Gasteiger partial charge is 0.496 e. The molecule has 0 aliphatic carbocycles. The number of carbonyl (C=O) groups excluding carboxylic acids is 2. The maximum atomic E-state index is 13.4. The van der Waals surface area contributed by atoms with Gasteiger partial charge in [0.15, 0.2) is 0 Å².